The molecule has 0 nitrogen and oxygen atoms in total. The van der Waals surface area contributed by atoms with Gasteiger partial charge in [-0.15, -0.1) is 0 Å². The van der Waals surface area contributed by atoms with E-state index in [1.54, 1.807) is 5.57 Å². The molecule has 0 heterocycles. The number of hydrogen-bond acceptors (Lipinski definition) is 0. The van der Waals surface area contributed by atoms with Gasteiger partial charge in [0.25, 0.3) is 0 Å². The van der Waals surface area contributed by atoms with Gasteiger partial charge in [0.15, 0.2) is 0 Å². The van der Waals surface area contributed by atoms with Crippen molar-refractivity contribution in [3.63, 3.8) is 0 Å². The second-order valence-electron chi connectivity index (χ2n) is 6.06. The van der Waals surface area contributed by atoms with Crippen LogP contribution in [-0.2, 0) is 0 Å². The molecule has 3 rings (SSSR count). The Morgan fingerprint density at radius 3 is 2.76 bits per heavy atom. The topological polar surface area (TPSA) is 0 Å². The van der Waals surface area contributed by atoms with Crippen LogP contribution in [0.1, 0.15) is 26.7 Å². The molecular weight excluding hydrogens is 434 g/mol. The Balaban J connectivity index is 2.07. The third-order valence-electron chi connectivity index (χ3n) is 4.79. The van der Waals surface area contributed by atoms with Crippen LogP contribution in [0.2, 0.25) is 0 Å². The van der Waals surface area contributed by atoms with Crippen molar-refractivity contribution >= 4 is 45.2 Å². The van der Waals surface area contributed by atoms with E-state index in [0.29, 0.717) is 5.41 Å². The van der Waals surface area contributed by atoms with E-state index in [9.17, 15) is 0 Å². The summed E-state index contributed by atoms with van der Waals surface area (Å²) in [6.45, 7) is 4.90. The summed E-state index contributed by atoms with van der Waals surface area (Å²) >= 11 is 5.06. The number of allylic oxidation sites excluding steroid dienone is 6. The van der Waals surface area contributed by atoms with Crippen molar-refractivity contribution in [3.8, 4) is 0 Å². The maximum Gasteiger partial charge on any atom is 0.0292 e. The molecule has 0 aliphatic heterocycles. The zero-order valence-electron chi connectivity index (χ0n) is 10.3. The summed E-state index contributed by atoms with van der Waals surface area (Å²) in [7, 11) is 0. The molecule has 0 N–H and O–H groups in total. The van der Waals surface area contributed by atoms with E-state index in [1.165, 1.54) is 16.4 Å². The van der Waals surface area contributed by atoms with Gasteiger partial charge in [-0.3, -0.25) is 0 Å². The maximum atomic E-state index is 2.60. The maximum absolute atomic E-state index is 2.60. The van der Waals surface area contributed by atoms with Gasteiger partial charge in [0.1, 0.15) is 0 Å². The molecule has 0 spiro atoms. The van der Waals surface area contributed by atoms with Crippen molar-refractivity contribution in [3.05, 3.63) is 33.5 Å². The number of rotatable bonds is 0. The third kappa shape index (κ3) is 1.97. The highest BCUT2D eigenvalue weighted by Gasteiger charge is 2.51. The highest BCUT2D eigenvalue weighted by molar-refractivity contribution is 14.1. The lowest BCUT2D eigenvalue weighted by Crippen LogP contribution is -2.22. The number of halogens is 2. The number of alkyl halides is 1. The van der Waals surface area contributed by atoms with Crippen LogP contribution in [0.15, 0.2) is 33.5 Å². The van der Waals surface area contributed by atoms with Gasteiger partial charge < -0.3 is 0 Å². The number of hydrogen-bond donors (Lipinski definition) is 0. The van der Waals surface area contributed by atoms with Crippen LogP contribution < -0.4 is 0 Å². The second kappa shape index (κ2) is 4.36. The summed E-state index contributed by atoms with van der Waals surface area (Å²) in [5.41, 5.74) is 2.10. The summed E-state index contributed by atoms with van der Waals surface area (Å²) in [6, 6.07) is 0. The van der Waals surface area contributed by atoms with E-state index >= 15 is 0 Å². The van der Waals surface area contributed by atoms with E-state index in [0.717, 1.165) is 21.7 Å². The molecule has 1 saturated carbocycles. The summed E-state index contributed by atoms with van der Waals surface area (Å²) < 4.78 is 2.17. The molecule has 3 aliphatic rings. The molecule has 3 aliphatic carbocycles. The molecule has 4 atom stereocenters. The molecule has 1 fully saturated rings. The summed E-state index contributed by atoms with van der Waals surface area (Å²) in [6.07, 6.45) is 12.6. The van der Waals surface area contributed by atoms with E-state index in [-0.39, 0.29) is 0 Å². The fraction of sp³-hybridized carbons (Fsp3) is 0.600. The van der Waals surface area contributed by atoms with Gasteiger partial charge in [-0.25, -0.2) is 0 Å². The minimum atomic E-state index is 0.361. The van der Waals surface area contributed by atoms with Crippen molar-refractivity contribution in [1.29, 1.82) is 0 Å². The van der Waals surface area contributed by atoms with Crippen LogP contribution >= 0.6 is 45.2 Å². The van der Waals surface area contributed by atoms with Crippen LogP contribution in [0, 0.1) is 23.2 Å². The smallest absolute Gasteiger partial charge is 0.0292 e. The van der Waals surface area contributed by atoms with E-state index in [4.69, 9.17) is 0 Å². The predicted octanol–water partition coefficient (Wildman–Crippen LogP) is 5.29. The Kier molecular flexibility index (Phi) is 3.26. The first kappa shape index (κ1) is 12.7. The fourth-order valence-electron chi connectivity index (χ4n) is 3.92. The Morgan fingerprint density at radius 1 is 1.24 bits per heavy atom. The predicted molar refractivity (Wildman–Crippen MR) is 90.6 cm³/mol. The quantitative estimate of drug-likeness (QED) is 0.267. The zero-order chi connectivity index (χ0) is 12.2. The molecule has 0 radical (unpaired) electrons. The summed E-state index contributed by atoms with van der Waals surface area (Å²) in [5.74, 6) is 2.30. The molecule has 92 valence electrons. The molecule has 0 aromatic carbocycles. The van der Waals surface area contributed by atoms with E-state index in [2.05, 4.69) is 83.3 Å². The molecule has 4 unspecified atom stereocenters. The normalized spacial score (nSPS) is 42.6. The molecule has 0 saturated heterocycles. The zero-order valence-corrected chi connectivity index (χ0v) is 14.6. The van der Waals surface area contributed by atoms with Crippen LogP contribution in [0.5, 0.6) is 0 Å². The SMILES string of the molecule is CC1(C)C2=CC(I)CCC2C2C=CC(I)=CC21. The van der Waals surface area contributed by atoms with Gasteiger partial charge in [0, 0.05) is 7.50 Å². The Bertz CT molecular complexity index is 428. The monoisotopic (exact) mass is 452 g/mol. The minimum absolute atomic E-state index is 0.361. The Labute approximate surface area is 131 Å². The molecular formula is C15H18I2. The first-order valence-corrected chi connectivity index (χ1v) is 8.74. The van der Waals surface area contributed by atoms with Crippen molar-refractivity contribution in [2.24, 2.45) is 23.2 Å². The average Bonchev–Trinajstić information content (AvgIpc) is 2.49. The third-order valence-corrected chi connectivity index (χ3v) is 6.49. The molecule has 0 bridgehead atoms. The van der Waals surface area contributed by atoms with Crippen LogP contribution in [0.4, 0.5) is 0 Å². The lowest BCUT2D eigenvalue weighted by Gasteiger charge is -2.30. The lowest BCUT2D eigenvalue weighted by molar-refractivity contribution is 0.319. The van der Waals surface area contributed by atoms with Crippen LogP contribution in [0.25, 0.3) is 0 Å². The molecule has 17 heavy (non-hydrogen) atoms. The standard InChI is InChI=1S/C15H18I2/c1-15(2)13-7-9(16)3-5-11(13)12-6-4-10(17)8-14(12)15/h3,5,7-8,10-13H,4,6H2,1-2H3. The van der Waals surface area contributed by atoms with Gasteiger partial charge >= 0.3 is 0 Å². The molecule has 0 amide bonds. The fourth-order valence-corrected chi connectivity index (χ4v) is 5.26. The van der Waals surface area contributed by atoms with Gasteiger partial charge in [0.05, 0.1) is 0 Å². The molecule has 0 aromatic heterocycles. The van der Waals surface area contributed by atoms with E-state index < -0.39 is 0 Å². The van der Waals surface area contributed by atoms with Crippen LogP contribution in [0.3, 0.4) is 0 Å². The van der Waals surface area contributed by atoms with Crippen molar-refractivity contribution in [1.82, 2.24) is 0 Å². The second-order valence-corrected chi connectivity index (χ2v) is 8.90. The first-order valence-electron chi connectivity index (χ1n) is 6.42. The van der Waals surface area contributed by atoms with E-state index in [1.807, 2.05) is 0 Å². The van der Waals surface area contributed by atoms with Gasteiger partial charge in [0.2, 0.25) is 0 Å². The highest BCUT2D eigenvalue weighted by atomic mass is 127. The van der Waals surface area contributed by atoms with Crippen LogP contribution in [-0.4, -0.2) is 3.92 Å². The average molecular weight is 452 g/mol. The Hall–Kier alpha value is 0.680. The van der Waals surface area contributed by atoms with Crippen molar-refractivity contribution < 1.29 is 0 Å². The highest BCUT2D eigenvalue weighted by Crippen LogP contribution is 2.59. The van der Waals surface area contributed by atoms with Crippen molar-refractivity contribution in [2.75, 3.05) is 0 Å². The summed E-state index contributed by atoms with van der Waals surface area (Å²) in [4.78, 5) is 0. The first-order chi connectivity index (χ1) is 8.00. The largest absolute Gasteiger partial charge is 0.0792 e. The number of fused-ring (bicyclic) bond motifs is 3. The van der Waals surface area contributed by atoms with Gasteiger partial charge in [-0.1, -0.05) is 66.3 Å². The Morgan fingerprint density at radius 2 is 2.00 bits per heavy atom. The molecule has 2 heteroatoms. The van der Waals surface area contributed by atoms with Gasteiger partial charge in [-0.05, 0) is 58.6 Å². The van der Waals surface area contributed by atoms with Crippen molar-refractivity contribution in [2.45, 2.75) is 30.6 Å². The molecule has 0 aromatic rings. The van der Waals surface area contributed by atoms with Gasteiger partial charge in [-0.2, -0.15) is 0 Å². The minimum Gasteiger partial charge on any atom is -0.0792 e. The lowest BCUT2D eigenvalue weighted by atomic mass is 9.75. The summed E-state index contributed by atoms with van der Waals surface area (Å²) in [5, 5.41) is 0.